The van der Waals surface area contributed by atoms with Crippen molar-refractivity contribution in [3.05, 3.63) is 23.5 Å². The number of alkyl halides is 1. The fourth-order valence-corrected chi connectivity index (χ4v) is 1.47. The van der Waals surface area contributed by atoms with E-state index in [1.165, 1.54) is 0 Å². The monoisotopic (exact) mass is 186 g/mol. The topological polar surface area (TPSA) is 16.1 Å². The summed E-state index contributed by atoms with van der Waals surface area (Å²) in [5.41, 5.74) is 0.827. The van der Waals surface area contributed by atoms with Crippen LogP contribution < -0.4 is 4.90 Å². The molecule has 0 spiro atoms. The molecule has 0 aromatic carbocycles. The Balaban J connectivity index is 2.18. The standard InChI is InChI=1S/C8H8ClFN2/c9-8-7(2-1-3-11-8)12-4-6(10)5-12/h1-3,6H,4-5H2. The van der Waals surface area contributed by atoms with Gasteiger partial charge in [-0.2, -0.15) is 0 Å². The first kappa shape index (κ1) is 7.80. The summed E-state index contributed by atoms with van der Waals surface area (Å²) in [6.45, 7) is 0.872. The fourth-order valence-electron chi connectivity index (χ4n) is 1.23. The van der Waals surface area contributed by atoms with Crippen LogP contribution in [0.15, 0.2) is 18.3 Å². The smallest absolute Gasteiger partial charge is 0.152 e. The third kappa shape index (κ3) is 1.25. The van der Waals surface area contributed by atoms with Crippen LogP contribution in [0, 0.1) is 0 Å². The van der Waals surface area contributed by atoms with Crippen molar-refractivity contribution in [3.63, 3.8) is 0 Å². The summed E-state index contributed by atoms with van der Waals surface area (Å²) in [4.78, 5) is 5.78. The molecule has 0 saturated carbocycles. The highest BCUT2D eigenvalue weighted by atomic mass is 35.5. The molecule has 1 aliphatic heterocycles. The molecule has 0 aliphatic carbocycles. The lowest BCUT2D eigenvalue weighted by molar-refractivity contribution is 0.275. The van der Waals surface area contributed by atoms with Gasteiger partial charge in [-0.05, 0) is 12.1 Å². The van der Waals surface area contributed by atoms with E-state index in [0.717, 1.165) is 5.69 Å². The summed E-state index contributed by atoms with van der Waals surface area (Å²) in [5, 5.41) is 0.449. The summed E-state index contributed by atoms with van der Waals surface area (Å²) < 4.78 is 12.5. The molecular weight excluding hydrogens is 179 g/mol. The maximum Gasteiger partial charge on any atom is 0.152 e. The Labute approximate surface area is 75.0 Å². The van der Waals surface area contributed by atoms with Crippen LogP contribution in [0.5, 0.6) is 0 Å². The molecule has 1 saturated heterocycles. The van der Waals surface area contributed by atoms with E-state index in [0.29, 0.717) is 18.2 Å². The molecule has 1 fully saturated rings. The molecule has 0 atom stereocenters. The van der Waals surface area contributed by atoms with Crippen molar-refractivity contribution in [1.82, 2.24) is 4.98 Å². The van der Waals surface area contributed by atoms with Crippen molar-refractivity contribution in [2.24, 2.45) is 0 Å². The second-order valence-corrected chi connectivity index (χ2v) is 3.17. The average molecular weight is 187 g/mol. The predicted octanol–water partition coefficient (Wildman–Crippen LogP) is 1.89. The van der Waals surface area contributed by atoms with Gasteiger partial charge in [-0.15, -0.1) is 0 Å². The van der Waals surface area contributed by atoms with Gasteiger partial charge in [-0.25, -0.2) is 9.37 Å². The zero-order chi connectivity index (χ0) is 8.55. The average Bonchev–Trinajstić information content (AvgIpc) is 2.01. The SMILES string of the molecule is FC1CN(c2cccnc2Cl)C1. The molecule has 4 heteroatoms. The second kappa shape index (κ2) is 2.90. The summed E-state index contributed by atoms with van der Waals surface area (Å²) in [5.74, 6) is 0. The largest absolute Gasteiger partial charge is 0.363 e. The van der Waals surface area contributed by atoms with E-state index in [-0.39, 0.29) is 0 Å². The highest BCUT2D eigenvalue weighted by Crippen LogP contribution is 2.27. The van der Waals surface area contributed by atoms with Crippen LogP contribution in [0.25, 0.3) is 0 Å². The molecule has 0 N–H and O–H groups in total. The van der Waals surface area contributed by atoms with Gasteiger partial charge < -0.3 is 4.90 Å². The summed E-state index contributed by atoms with van der Waals surface area (Å²) >= 11 is 5.80. The van der Waals surface area contributed by atoms with Crippen molar-refractivity contribution < 1.29 is 4.39 Å². The first-order valence-corrected chi connectivity index (χ1v) is 4.14. The Morgan fingerprint density at radius 2 is 2.33 bits per heavy atom. The molecule has 1 aromatic heterocycles. The molecule has 2 nitrogen and oxygen atoms in total. The van der Waals surface area contributed by atoms with E-state index < -0.39 is 6.17 Å². The highest BCUT2D eigenvalue weighted by molar-refractivity contribution is 6.32. The van der Waals surface area contributed by atoms with Crippen molar-refractivity contribution in [1.29, 1.82) is 0 Å². The molecule has 2 heterocycles. The van der Waals surface area contributed by atoms with Crippen LogP contribution in [0.3, 0.4) is 0 Å². The molecule has 0 bridgehead atoms. The Bertz CT molecular complexity index is 286. The van der Waals surface area contributed by atoms with Crippen molar-refractivity contribution >= 4 is 17.3 Å². The molecule has 1 aromatic rings. The highest BCUT2D eigenvalue weighted by Gasteiger charge is 2.27. The third-order valence-electron chi connectivity index (χ3n) is 1.92. The van der Waals surface area contributed by atoms with Gasteiger partial charge in [0.25, 0.3) is 0 Å². The van der Waals surface area contributed by atoms with E-state index in [2.05, 4.69) is 4.98 Å². The zero-order valence-corrected chi connectivity index (χ0v) is 7.13. The molecule has 64 valence electrons. The molecule has 12 heavy (non-hydrogen) atoms. The molecule has 2 rings (SSSR count). The van der Waals surface area contributed by atoms with Gasteiger partial charge in [0.2, 0.25) is 0 Å². The Morgan fingerprint density at radius 1 is 1.58 bits per heavy atom. The molecule has 1 aliphatic rings. The zero-order valence-electron chi connectivity index (χ0n) is 6.37. The van der Waals surface area contributed by atoms with Crippen LogP contribution in [0.1, 0.15) is 0 Å². The fraction of sp³-hybridized carbons (Fsp3) is 0.375. The lowest BCUT2D eigenvalue weighted by Crippen LogP contribution is -2.48. The molecule has 0 radical (unpaired) electrons. The number of anilines is 1. The molecule has 0 unspecified atom stereocenters. The van der Waals surface area contributed by atoms with E-state index in [4.69, 9.17) is 11.6 Å². The van der Waals surface area contributed by atoms with Crippen LogP contribution in [0.4, 0.5) is 10.1 Å². The van der Waals surface area contributed by atoms with E-state index in [9.17, 15) is 4.39 Å². The predicted molar refractivity (Wildman–Crippen MR) is 46.4 cm³/mol. The second-order valence-electron chi connectivity index (χ2n) is 2.82. The summed E-state index contributed by atoms with van der Waals surface area (Å²) in [6.07, 6.45) is 0.916. The number of halogens is 2. The lowest BCUT2D eigenvalue weighted by atomic mass is 10.2. The van der Waals surface area contributed by atoms with E-state index in [1.54, 1.807) is 12.3 Å². The molecular formula is C8H8ClFN2. The van der Waals surface area contributed by atoms with Crippen molar-refractivity contribution in [2.75, 3.05) is 18.0 Å². The van der Waals surface area contributed by atoms with Crippen molar-refractivity contribution in [2.45, 2.75) is 6.17 Å². The quantitative estimate of drug-likeness (QED) is 0.623. The van der Waals surface area contributed by atoms with Crippen molar-refractivity contribution in [3.8, 4) is 0 Å². The van der Waals surface area contributed by atoms with Gasteiger partial charge in [0.15, 0.2) is 5.15 Å². The van der Waals surface area contributed by atoms with Gasteiger partial charge in [0.1, 0.15) is 6.17 Å². The first-order valence-electron chi connectivity index (χ1n) is 3.77. The van der Waals surface area contributed by atoms with Gasteiger partial charge in [0, 0.05) is 6.20 Å². The Hall–Kier alpha value is -0.830. The van der Waals surface area contributed by atoms with E-state index >= 15 is 0 Å². The normalized spacial score (nSPS) is 17.7. The summed E-state index contributed by atoms with van der Waals surface area (Å²) in [6, 6.07) is 3.65. The van der Waals surface area contributed by atoms with Gasteiger partial charge >= 0.3 is 0 Å². The molecule has 0 amide bonds. The first-order chi connectivity index (χ1) is 5.77. The van der Waals surface area contributed by atoms with Gasteiger partial charge in [-0.1, -0.05) is 11.6 Å². The van der Waals surface area contributed by atoms with Gasteiger partial charge in [-0.3, -0.25) is 0 Å². The maximum absolute atomic E-state index is 12.5. The third-order valence-corrected chi connectivity index (χ3v) is 2.21. The van der Waals surface area contributed by atoms with Gasteiger partial charge in [0.05, 0.1) is 18.8 Å². The lowest BCUT2D eigenvalue weighted by Gasteiger charge is -2.36. The van der Waals surface area contributed by atoms with Crippen LogP contribution in [0.2, 0.25) is 5.15 Å². The number of aromatic nitrogens is 1. The number of nitrogens with zero attached hydrogens (tertiary/aromatic N) is 2. The van der Waals surface area contributed by atoms with Crippen LogP contribution >= 0.6 is 11.6 Å². The number of hydrogen-bond donors (Lipinski definition) is 0. The minimum Gasteiger partial charge on any atom is -0.363 e. The minimum absolute atomic E-state index is 0.436. The minimum atomic E-state index is -0.707. The maximum atomic E-state index is 12.5. The Kier molecular flexibility index (Phi) is 1.89. The Morgan fingerprint density at radius 3 is 2.92 bits per heavy atom. The van der Waals surface area contributed by atoms with Crippen LogP contribution in [-0.2, 0) is 0 Å². The van der Waals surface area contributed by atoms with Crippen LogP contribution in [-0.4, -0.2) is 24.2 Å². The number of hydrogen-bond acceptors (Lipinski definition) is 2. The number of pyridine rings is 1. The summed E-state index contributed by atoms with van der Waals surface area (Å²) in [7, 11) is 0. The number of rotatable bonds is 1. The van der Waals surface area contributed by atoms with E-state index in [1.807, 2.05) is 11.0 Å².